The highest BCUT2D eigenvalue weighted by atomic mass is 16.6. The minimum atomic E-state index is -1.19. The fourth-order valence-electron chi connectivity index (χ4n) is 2.47. The molecule has 32 heavy (non-hydrogen) atoms. The van der Waals surface area contributed by atoms with Gasteiger partial charge in [0, 0.05) is 5.56 Å². The predicted molar refractivity (Wildman–Crippen MR) is 117 cm³/mol. The lowest BCUT2D eigenvalue weighted by atomic mass is 10.0. The number of ketones is 1. The standard InChI is InChI=1S/C23H33NO8/c1-8-29-19(26)14-30-16-11-9-15(10-12-16)20(27)17(13-18(25)31-22(2,3)4)24-21(28)32-23(5,6)7/h9-12,17H,8,13-14H2,1-7H3,(H,24,28)/t17-/m0/s1. The number of Topliss-reactive ketones (excluding diaryl/α,β-unsaturated/α-hetero) is 1. The summed E-state index contributed by atoms with van der Waals surface area (Å²) in [7, 11) is 0. The number of alkyl carbamates (subject to hydrolysis) is 1. The van der Waals surface area contributed by atoms with Crippen LogP contribution in [0, 0.1) is 0 Å². The third-order valence-electron chi connectivity index (χ3n) is 3.60. The molecule has 1 aromatic carbocycles. The number of hydrogen-bond donors (Lipinski definition) is 1. The number of esters is 2. The molecule has 9 nitrogen and oxygen atoms in total. The van der Waals surface area contributed by atoms with Gasteiger partial charge in [-0.15, -0.1) is 0 Å². The maximum atomic E-state index is 13.0. The van der Waals surface area contributed by atoms with Crippen molar-refractivity contribution in [2.24, 2.45) is 0 Å². The first-order chi connectivity index (χ1) is 14.7. The monoisotopic (exact) mass is 451 g/mol. The molecule has 0 saturated heterocycles. The number of carbonyl (C=O) groups is 4. The molecule has 0 spiro atoms. The quantitative estimate of drug-likeness (QED) is 0.345. The van der Waals surface area contributed by atoms with Gasteiger partial charge in [-0.1, -0.05) is 0 Å². The molecule has 9 heteroatoms. The van der Waals surface area contributed by atoms with E-state index in [1.165, 1.54) is 24.3 Å². The lowest BCUT2D eigenvalue weighted by Gasteiger charge is -2.24. The van der Waals surface area contributed by atoms with E-state index in [9.17, 15) is 19.2 Å². The summed E-state index contributed by atoms with van der Waals surface area (Å²) in [6.07, 6.45) is -1.19. The summed E-state index contributed by atoms with van der Waals surface area (Å²) in [5.74, 6) is -1.29. The van der Waals surface area contributed by atoms with Crippen LogP contribution in [0.5, 0.6) is 5.75 Å². The molecule has 0 radical (unpaired) electrons. The van der Waals surface area contributed by atoms with E-state index in [4.69, 9.17) is 18.9 Å². The molecule has 0 aliphatic rings. The Balaban J connectivity index is 2.94. The Morgan fingerprint density at radius 1 is 0.875 bits per heavy atom. The van der Waals surface area contributed by atoms with Crippen LogP contribution < -0.4 is 10.1 Å². The SMILES string of the molecule is CCOC(=O)COc1ccc(C(=O)[C@H](CC(=O)OC(C)(C)C)NC(=O)OC(C)(C)C)cc1. The molecule has 1 rings (SSSR count). The fourth-order valence-corrected chi connectivity index (χ4v) is 2.47. The lowest BCUT2D eigenvalue weighted by molar-refractivity contribution is -0.155. The van der Waals surface area contributed by atoms with Gasteiger partial charge in [-0.25, -0.2) is 9.59 Å². The summed E-state index contributed by atoms with van der Waals surface area (Å²) in [5, 5.41) is 2.45. The van der Waals surface area contributed by atoms with Crippen molar-refractivity contribution in [3.05, 3.63) is 29.8 Å². The number of carbonyl (C=O) groups excluding carboxylic acids is 4. The molecule has 0 aliphatic carbocycles. The highest BCUT2D eigenvalue weighted by Crippen LogP contribution is 2.17. The third kappa shape index (κ3) is 10.8. The Bertz CT molecular complexity index is 773. The second-order valence-corrected chi connectivity index (χ2v) is 8.97. The van der Waals surface area contributed by atoms with Crippen LogP contribution >= 0.6 is 0 Å². The number of amides is 1. The van der Waals surface area contributed by atoms with Crippen molar-refractivity contribution in [3.8, 4) is 5.75 Å². The van der Waals surface area contributed by atoms with Gasteiger partial charge in [0.15, 0.2) is 12.4 Å². The molecule has 0 fully saturated rings. The van der Waals surface area contributed by atoms with Gasteiger partial charge in [0.2, 0.25) is 0 Å². The summed E-state index contributed by atoms with van der Waals surface area (Å²) in [4.78, 5) is 48.9. The van der Waals surface area contributed by atoms with Crippen molar-refractivity contribution in [1.82, 2.24) is 5.32 Å². The van der Waals surface area contributed by atoms with Gasteiger partial charge < -0.3 is 24.3 Å². The first-order valence-electron chi connectivity index (χ1n) is 10.3. The zero-order valence-corrected chi connectivity index (χ0v) is 19.8. The van der Waals surface area contributed by atoms with Gasteiger partial charge in [-0.05, 0) is 72.7 Å². The van der Waals surface area contributed by atoms with Gasteiger partial charge in [-0.3, -0.25) is 9.59 Å². The molecule has 1 atom stereocenters. The number of benzene rings is 1. The number of ether oxygens (including phenoxy) is 4. The molecule has 1 aromatic rings. The van der Waals surface area contributed by atoms with Gasteiger partial charge in [-0.2, -0.15) is 0 Å². The molecule has 1 amide bonds. The van der Waals surface area contributed by atoms with E-state index in [1.807, 2.05) is 0 Å². The highest BCUT2D eigenvalue weighted by molar-refractivity contribution is 6.03. The Kier molecular flexibility index (Phi) is 9.68. The maximum Gasteiger partial charge on any atom is 0.408 e. The topological polar surface area (TPSA) is 117 Å². The second-order valence-electron chi connectivity index (χ2n) is 8.97. The molecule has 0 unspecified atom stereocenters. The lowest BCUT2D eigenvalue weighted by Crippen LogP contribution is -2.45. The summed E-state index contributed by atoms with van der Waals surface area (Å²) in [5.41, 5.74) is -1.28. The van der Waals surface area contributed by atoms with Crippen molar-refractivity contribution in [3.63, 3.8) is 0 Å². The van der Waals surface area contributed by atoms with Crippen LogP contribution in [-0.2, 0) is 23.8 Å². The summed E-state index contributed by atoms with van der Waals surface area (Å²) >= 11 is 0. The molecule has 0 bridgehead atoms. The first-order valence-corrected chi connectivity index (χ1v) is 10.3. The normalized spacial score (nSPS) is 12.3. The fraction of sp³-hybridized carbons (Fsp3) is 0.565. The summed E-state index contributed by atoms with van der Waals surface area (Å²) in [6.45, 7) is 11.9. The Morgan fingerprint density at radius 3 is 1.94 bits per heavy atom. The molecule has 1 N–H and O–H groups in total. The first kappa shape index (κ1) is 26.9. The number of rotatable bonds is 9. The molecule has 0 aromatic heterocycles. The van der Waals surface area contributed by atoms with Crippen molar-refractivity contribution >= 4 is 23.8 Å². The zero-order valence-electron chi connectivity index (χ0n) is 19.8. The molecular weight excluding hydrogens is 418 g/mol. The van der Waals surface area contributed by atoms with E-state index in [2.05, 4.69) is 5.32 Å². The minimum Gasteiger partial charge on any atom is -0.482 e. The van der Waals surface area contributed by atoms with Crippen LogP contribution in [0.2, 0.25) is 0 Å². The highest BCUT2D eigenvalue weighted by Gasteiger charge is 2.29. The van der Waals surface area contributed by atoms with Crippen LogP contribution in [0.3, 0.4) is 0 Å². The second kappa shape index (κ2) is 11.5. The molecule has 0 aliphatic heterocycles. The van der Waals surface area contributed by atoms with E-state index >= 15 is 0 Å². The van der Waals surface area contributed by atoms with Gasteiger partial charge in [0.25, 0.3) is 0 Å². The van der Waals surface area contributed by atoms with E-state index < -0.39 is 41.1 Å². The van der Waals surface area contributed by atoms with E-state index in [-0.39, 0.29) is 25.2 Å². The van der Waals surface area contributed by atoms with E-state index in [0.717, 1.165) is 0 Å². The summed E-state index contributed by atoms with van der Waals surface area (Å²) < 4.78 is 20.6. The predicted octanol–water partition coefficient (Wildman–Crippen LogP) is 3.44. The van der Waals surface area contributed by atoms with Crippen molar-refractivity contribution in [2.75, 3.05) is 13.2 Å². The Morgan fingerprint density at radius 2 is 1.44 bits per heavy atom. The smallest absolute Gasteiger partial charge is 0.408 e. The van der Waals surface area contributed by atoms with E-state index in [1.54, 1.807) is 48.5 Å². The largest absolute Gasteiger partial charge is 0.482 e. The average Bonchev–Trinajstić information content (AvgIpc) is 2.63. The van der Waals surface area contributed by atoms with Crippen LogP contribution in [0.1, 0.15) is 65.2 Å². The Labute approximate surface area is 188 Å². The number of nitrogens with one attached hydrogen (secondary N) is 1. The maximum absolute atomic E-state index is 13.0. The molecule has 178 valence electrons. The molecular formula is C23H33NO8. The third-order valence-corrected chi connectivity index (χ3v) is 3.60. The van der Waals surface area contributed by atoms with E-state index in [0.29, 0.717) is 5.75 Å². The van der Waals surface area contributed by atoms with Crippen molar-refractivity contribution < 1.29 is 38.1 Å². The summed E-state index contributed by atoms with van der Waals surface area (Å²) in [6, 6.07) is 4.77. The van der Waals surface area contributed by atoms with Crippen LogP contribution in [0.25, 0.3) is 0 Å². The molecule has 0 heterocycles. The zero-order chi connectivity index (χ0) is 24.5. The van der Waals surface area contributed by atoms with Gasteiger partial charge >= 0.3 is 18.0 Å². The van der Waals surface area contributed by atoms with Crippen molar-refractivity contribution in [2.45, 2.75) is 72.1 Å². The van der Waals surface area contributed by atoms with Crippen molar-refractivity contribution in [1.29, 1.82) is 0 Å². The minimum absolute atomic E-state index is 0.234. The van der Waals surface area contributed by atoms with Crippen LogP contribution in [0.4, 0.5) is 4.79 Å². The number of hydrogen-bond acceptors (Lipinski definition) is 8. The van der Waals surface area contributed by atoms with Gasteiger partial charge in [0.1, 0.15) is 23.0 Å². The average molecular weight is 452 g/mol. The van der Waals surface area contributed by atoms with Crippen LogP contribution in [0.15, 0.2) is 24.3 Å². The Hall–Kier alpha value is -3.10. The van der Waals surface area contributed by atoms with Crippen LogP contribution in [-0.4, -0.2) is 54.3 Å². The molecule has 0 saturated carbocycles. The van der Waals surface area contributed by atoms with Gasteiger partial charge in [0.05, 0.1) is 13.0 Å².